The minimum Gasteiger partial charge on any atom is -0.296 e. The third kappa shape index (κ3) is 2.27. The van der Waals surface area contributed by atoms with Crippen LogP contribution in [-0.2, 0) is 0 Å². The van der Waals surface area contributed by atoms with Crippen molar-refractivity contribution < 1.29 is 0 Å². The van der Waals surface area contributed by atoms with Gasteiger partial charge in [-0.15, -0.1) is 0 Å². The predicted molar refractivity (Wildman–Crippen MR) is 50.4 cm³/mol. The summed E-state index contributed by atoms with van der Waals surface area (Å²) in [5.41, 5.74) is 1.94. The van der Waals surface area contributed by atoms with E-state index in [1.807, 2.05) is 24.3 Å². The molecular formula is C9H11N3. The Morgan fingerprint density at radius 1 is 1.08 bits per heavy atom. The van der Waals surface area contributed by atoms with E-state index in [4.69, 9.17) is 0 Å². The van der Waals surface area contributed by atoms with Crippen LogP contribution in [0.3, 0.4) is 0 Å². The molecule has 62 valence electrons. The minimum atomic E-state index is 0.866. The Morgan fingerprint density at radius 2 is 1.75 bits per heavy atom. The molecule has 0 atom stereocenters. The lowest BCUT2D eigenvalue weighted by Crippen LogP contribution is -1.77. The van der Waals surface area contributed by atoms with Gasteiger partial charge in [0.1, 0.15) is 0 Å². The Kier molecular flexibility index (Phi) is 3.14. The molecule has 0 saturated carbocycles. The van der Waals surface area contributed by atoms with E-state index in [1.54, 1.807) is 20.3 Å². The summed E-state index contributed by atoms with van der Waals surface area (Å²) in [6.45, 7) is 0. The molecule has 12 heavy (non-hydrogen) atoms. The van der Waals surface area contributed by atoms with Crippen molar-refractivity contribution in [1.29, 1.82) is 0 Å². The van der Waals surface area contributed by atoms with Gasteiger partial charge >= 0.3 is 0 Å². The van der Waals surface area contributed by atoms with Crippen molar-refractivity contribution in [1.82, 2.24) is 0 Å². The number of aliphatic imine (C=N–C) groups is 1. The molecular weight excluding hydrogens is 150 g/mol. The first-order valence-electron chi connectivity index (χ1n) is 3.69. The van der Waals surface area contributed by atoms with E-state index in [-0.39, 0.29) is 0 Å². The summed E-state index contributed by atoms with van der Waals surface area (Å²) < 4.78 is 0. The van der Waals surface area contributed by atoms with E-state index in [9.17, 15) is 0 Å². The summed E-state index contributed by atoms with van der Waals surface area (Å²) in [5.74, 6) is 0. The molecule has 0 amide bonds. The van der Waals surface area contributed by atoms with Gasteiger partial charge in [0.15, 0.2) is 0 Å². The van der Waals surface area contributed by atoms with E-state index in [2.05, 4.69) is 15.2 Å². The average Bonchev–Trinajstić information content (AvgIpc) is 2.09. The molecule has 1 rings (SSSR count). The van der Waals surface area contributed by atoms with Crippen molar-refractivity contribution in [3.63, 3.8) is 0 Å². The van der Waals surface area contributed by atoms with Crippen LogP contribution in [0.4, 0.5) is 5.69 Å². The molecule has 1 aromatic rings. The van der Waals surface area contributed by atoms with Crippen molar-refractivity contribution in [2.45, 2.75) is 0 Å². The zero-order valence-corrected chi connectivity index (χ0v) is 7.23. The van der Waals surface area contributed by atoms with Crippen LogP contribution < -0.4 is 0 Å². The summed E-state index contributed by atoms with van der Waals surface area (Å²) in [7, 11) is 3.40. The summed E-state index contributed by atoms with van der Waals surface area (Å²) in [4.78, 5) is 3.90. The molecule has 0 N–H and O–H groups in total. The average molecular weight is 161 g/mol. The Bertz CT molecular complexity index is 254. The summed E-state index contributed by atoms with van der Waals surface area (Å²) >= 11 is 0. The van der Waals surface area contributed by atoms with E-state index in [0.717, 1.165) is 11.3 Å². The summed E-state index contributed by atoms with van der Waals surface area (Å²) in [5, 5.41) is 7.56. The van der Waals surface area contributed by atoms with Crippen molar-refractivity contribution in [2.24, 2.45) is 15.2 Å². The van der Waals surface area contributed by atoms with Crippen molar-refractivity contribution in [3.8, 4) is 0 Å². The molecule has 0 aliphatic carbocycles. The second-order valence-electron chi connectivity index (χ2n) is 2.28. The maximum Gasteiger partial charge on any atom is 0.0852 e. The number of benzene rings is 1. The van der Waals surface area contributed by atoms with Gasteiger partial charge in [0.05, 0.1) is 5.69 Å². The monoisotopic (exact) mass is 161 g/mol. The van der Waals surface area contributed by atoms with Crippen LogP contribution in [0.2, 0.25) is 0 Å². The molecule has 0 heterocycles. The number of rotatable bonds is 2. The molecule has 3 heteroatoms. The zero-order chi connectivity index (χ0) is 8.81. The Morgan fingerprint density at radius 3 is 2.25 bits per heavy atom. The number of azo groups is 1. The third-order valence-corrected chi connectivity index (χ3v) is 1.39. The van der Waals surface area contributed by atoms with Gasteiger partial charge in [0, 0.05) is 20.3 Å². The fourth-order valence-corrected chi connectivity index (χ4v) is 0.892. The van der Waals surface area contributed by atoms with E-state index in [1.165, 1.54) is 0 Å². The fourth-order valence-electron chi connectivity index (χ4n) is 0.892. The molecule has 3 nitrogen and oxygen atoms in total. The third-order valence-electron chi connectivity index (χ3n) is 1.39. The minimum absolute atomic E-state index is 0.866. The lowest BCUT2D eigenvalue weighted by molar-refractivity contribution is 1.17. The molecule has 0 saturated heterocycles. The van der Waals surface area contributed by atoms with Crippen LogP contribution in [0.1, 0.15) is 5.56 Å². The molecule has 0 fully saturated rings. The first-order valence-corrected chi connectivity index (χ1v) is 3.69. The second kappa shape index (κ2) is 4.38. The maximum atomic E-state index is 3.90. The standard InChI is InChI=1S/C9H11N3/c1-10-7-8-3-5-9(6-4-8)12-11-2/h3-7H,1-2H3. The SMILES string of the molecule is CN=Cc1ccc(N=NC)cc1. The van der Waals surface area contributed by atoms with Crippen LogP contribution in [0, 0.1) is 0 Å². The second-order valence-corrected chi connectivity index (χ2v) is 2.28. The van der Waals surface area contributed by atoms with E-state index < -0.39 is 0 Å². The van der Waals surface area contributed by atoms with Gasteiger partial charge in [0.2, 0.25) is 0 Å². The van der Waals surface area contributed by atoms with Crippen molar-refractivity contribution in [3.05, 3.63) is 29.8 Å². The first-order chi connectivity index (χ1) is 5.86. The van der Waals surface area contributed by atoms with Gasteiger partial charge in [-0.25, -0.2) is 0 Å². The first kappa shape index (κ1) is 8.59. The van der Waals surface area contributed by atoms with Crippen LogP contribution in [-0.4, -0.2) is 20.3 Å². The summed E-state index contributed by atoms with van der Waals surface area (Å²) in [6.07, 6.45) is 1.80. The molecule has 0 aliphatic rings. The van der Waals surface area contributed by atoms with Crippen LogP contribution in [0.5, 0.6) is 0 Å². The van der Waals surface area contributed by atoms with Crippen molar-refractivity contribution in [2.75, 3.05) is 14.1 Å². The zero-order valence-electron chi connectivity index (χ0n) is 7.23. The largest absolute Gasteiger partial charge is 0.296 e. The van der Waals surface area contributed by atoms with Crippen LogP contribution in [0.15, 0.2) is 39.5 Å². The van der Waals surface area contributed by atoms with Crippen LogP contribution >= 0.6 is 0 Å². The maximum absolute atomic E-state index is 3.90. The highest BCUT2D eigenvalue weighted by Gasteiger charge is 1.88. The molecule has 0 spiro atoms. The van der Waals surface area contributed by atoms with Gasteiger partial charge in [-0.2, -0.15) is 10.2 Å². The fraction of sp³-hybridized carbons (Fsp3) is 0.222. The smallest absolute Gasteiger partial charge is 0.0852 e. The molecule has 0 aromatic heterocycles. The number of hydrogen-bond donors (Lipinski definition) is 0. The number of hydrogen-bond acceptors (Lipinski definition) is 3. The quantitative estimate of drug-likeness (QED) is 0.472. The highest BCUT2D eigenvalue weighted by Crippen LogP contribution is 2.11. The Balaban J connectivity index is 2.85. The summed E-state index contributed by atoms with van der Waals surface area (Å²) in [6, 6.07) is 7.72. The van der Waals surface area contributed by atoms with Gasteiger partial charge in [-0.1, -0.05) is 12.1 Å². The molecule has 0 unspecified atom stereocenters. The number of nitrogens with zero attached hydrogens (tertiary/aromatic N) is 3. The highest BCUT2D eigenvalue weighted by atomic mass is 15.1. The molecule has 1 aromatic carbocycles. The topological polar surface area (TPSA) is 37.1 Å². The van der Waals surface area contributed by atoms with Gasteiger partial charge in [-0.05, 0) is 17.7 Å². The lowest BCUT2D eigenvalue weighted by atomic mass is 10.2. The Labute approximate surface area is 71.9 Å². The lowest BCUT2D eigenvalue weighted by Gasteiger charge is -1.92. The van der Waals surface area contributed by atoms with E-state index in [0.29, 0.717) is 0 Å². The predicted octanol–water partition coefficient (Wildman–Crippen LogP) is 2.45. The van der Waals surface area contributed by atoms with Gasteiger partial charge in [-0.3, -0.25) is 4.99 Å². The highest BCUT2D eigenvalue weighted by molar-refractivity contribution is 5.79. The molecule has 0 bridgehead atoms. The van der Waals surface area contributed by atoms with E-state index >= 15 is 0 Å². The van der Waals surface area contributed by atoms with Crippen LogP contribution in [0.25, 0.3) is 0 Å². The van der Waals surface area contributed by atoms with Gasteiger partial charge < -0.3 is 0 Å². The normalized spacial score (nSPS) is 11.5. The van der Waals surface area contributed by atoms with Gasteiger partial charge in [0.25, 0.3) is 0 Å². The molecule has 0 radical (unpaired) electrons. The van der Waals surface area contributed by atoms with Crippen molar-refractivity contribution >= 4 is 11.9 Å². The Hall–Kier alpha value is -1.51. The molecule has 0 aliphatic heterocycles.